The highest BCUT2D eigenvalue weighted by atomic mass is 19.4. The lowest BCUT2D eigenvalue weighted by molar-refractivity contribution is -0.143. The van der Waals surface area contributed by atoms with E-state index in [0.29, 0.717) is 37.9 Å². The largest absolute Gasteiger partial charge is 0.416 e. The highest BCUT2D eigenvalue weighted by Crippen LogP contribution is 2.49. The molecule has 0 bridgehead atoms. The first-order chi connectivity index (χ1) is 18.7. The maximum absolute atomic E-state index is 13.8. The first-order valence-corrected chi connectivity index (χ1v) is 13.4. The molecular weight excluding hydrogens is 539 g/mol. The van der Waals surface area contributed by atoms with Crippen molar-refractivity contribution in [2.45, 2.75) is 70.0 Å². The molecule has 0 spiro atoms. The molecule has 1 saturated heterocycles. The van der Waals surface area contributed by atoms with Crippen molar-refractivity contribution in [2.75, 3.05) is 13.1 Å². The van der Waals surface area contributed by atoms with E-state index in [-0.39, 0.29) is 35.2 Å². The van der Waals surface area contributed by atoms with E-state index in [1.165, 1.54) is 19.1 Å². The molecule has 5 rings (SSSR count). The van der Waals surface area contributed by atoms with E-state index in [4.69, 9.17) is 4.74 Å². The number of nitrogens with zero attached hydrogens (tertiary/aromatic N) is 1. The minimum absolute atomic E-state index is 0.0552. The normalized spacial score (nSPS) is 26.4. The number of allylic oxidation sites excluding steroid dienone is 2. The minimum atomic E-state index is -4.95. The van der Waals surface area contributed by atoms with Crippen LogP contribution in [0, 0.1) is 17.7 Å². The zero-order chi connectivity index (χ0) is 29.0. The van der Waals surface area contributed by atoms with E-state index in [2.05, 4.69) is 4.90 Å². The van der Waals surface area contributed by atoms with Crippen LogP contribution in [0.3, 0.4) is 0 Å². The van der Waals surface area contributed by atoms with Gasteiger partial charge in [0.15, 0.2) is 5.78 Å². The maximum atomic E-state index is 13.8. The van der Waals surface area contributed by atoms with Crippen LogP contribution >= 0.6 is 0 Å². The molecule has 0 N–H and O–H groups in total. The van der Waals surface area contributed by atoms with Gasteiger partial charge in [-0.05, 0) is 86.4 Å². The molecule has 5 atom stereocenters. The summed E-state index contributed by atoms with van der Waals surface area (Å²) in [6.45, 7) is 4.69. The van der Waals surface area contributed by atoms with Crippen LogP contribution in [0.15, 0.2) is 53.7 Å². The molecule has 2 aliphatic carbocycles. The van der Waals surface area contributed by atoms with Gasteiger partial charge in [0.05, 0.1) is 23.3 Å². The van der Waals surface area contributed by atoms with Crippen LogP contribution in [-0.2, 0) is 21.9 Å². The monoisotopic (exact) mass is 569 g/mol. The molecular formula is C30H30F7NO2. The zero-order valence-corrected chi connectivity index (χ0v) is 22.1. The third-order valence-corrected chi connectivity index (χ3v) is 8.71. The van der Waals surface area contributed by atoms with Crippen LogP contribution in [-0.4, -0.2) is 29.9 Å². The summed E-state index contributed by atoms with van der Waals surface area (Å²) < 4.78 is 101. The van der Waals surface area contributed by atoms with Crippen LogP contribution in [0.5, 0.6) is 0 Å². The predicted octanol–water partition coefficient (Wildman–Crippen LogP) is 8.07. The Morgan fingerprint density at radius 2 is 1.52 bits per heavy atom. The molecule has 2 fully saturated rings. The van der Waals surface area contributed by atoms with Crippen molar-refractivity contribution in [2.24, 2.45) is 11.8 Å². The molecule has 0 unspecified atom stereocenters. The number of benzene rings is 2. The average molecular weight is 570 g/mol. The minimum Gasteiger partial charge on any atom is -0.374 e. The smallest absolute Gasteiger partial charge is 0.374 e. The van der Waals surface area contributed by atoms with Gasteiger partial charge in [-0.2, -0.15) is 26.3 Å². The van der Waals surface area contributed by atoms with Crippen molar-refractivity contribution in [1.82, 2.24) is 4.90 Å². The van der Waals surface area contributed by atoms with Crippen molar-refractivity contribution in [3.63, 3.8) is 0 Å². The average Bonchev–Trinajstić information content (AvgIpc) is 3.46. The number of carbonyl (C=O) groups excluding carboxylic acids is 1. The van der Waals surface area contributed by atoms with Crippen molar-refractivity contribution < 1.29 is 40.3 Å². The fourth-order valence-electron chi connectivity index (χ4n) is 6.68. The van der Waals surface area contributed by atoms with Crippen molar-refractivity contribution >= 4 is 5.78 Å². The summed E-state index contributed by atoms with van der Waals surface area (Å²) in [4.78, 5) is 14.4. The second-order valence-electron chi connectivity index (χ2n) is 11.1. The van der Waals surface area contributed by atoms with Gasteiger partial charge >= 0.3 is 12.4 Å². The van der Waals surface area contributed by atoms with E-state index in [0.717, 1.165) is 29.8 Å². The first-order valence-electron chi connectivity index (χ1n) is 13.4. The van der Waals surface area contributed by atoms with Gasteiger partial charge in [-0.25, -0.2) is 4.39 Å². The van der Waals surface area contributed by atoms with Gasteiger partial charge in [0.1, 0.15) is 5.82 Å². The van der Waals surface area contributed by atoms with E-state index in [1.807, 2.05) is 6.92 Å². The van der Waals surface area contributed by atoms with Gasteiger partial charge in [0.25, 0.3) is 0 Å². The van der Waals surface area contributed by atoms with E-state index < -0.39 is 41.5 Å². The van der Waals surface area contributed by atoms with Gasteiger partial charge < -0.3 is 9.64 Å². The molecule has 3 nitrogen and oxygen atoms in total. The molecule has 10 heteroatoms. The molecule has 0 aromatic heterocycles. The number of ether oxygens (including phenoxy) is 1. The Balaban J connectivity index is 1.46. The molecule has 2 aromatic carbocycles. The van der Waals surface area contributed by atoms with E-state index >= 15 is 0 Å². The molecule has 0 radical (unpaired) electrons. The predicted molar refractivity (Wildman–Crippen MR) is 134 cm³/mol. The molecule has 1 saturated carbocycles. The highest BCUT2D eigenvalue weighted by molar-refractivity contribution is 5.97. The van der Waals surface area contributed by atoms with Gasteiger partial charge in [0, 0.05) is 36.7 Å². The number of likely N-dealkylation sites (tertiary alicyclic amines) is 1. The van der Waals surface area contributed by atoms with E-state index in [1.54, 1.807) is 12.1 Å². The Morgan fingerprint density at radius 3 is 2.08 bits per heavy atom. The van der Waals surface area contributed by atoms with Crippen LogP contribution in [0.25, 0.3) is 0 Å². The Morgan fingerprint density at radius 1 is 0.900 bits per heavy atom. The fourth-order valence-corrected chi connectivity index (χ4v) is 6.68. The molecule has 3 aliphatic rings. The summed E-state index contributed by atoms with van der Waals surface area (Å²) in [7, 11) is 0. The standard InChI is InChI=1S/C30H30F7NO2/c1-16-25(8-9-26(16)39)38-14-19-5-10-27(28(24(19)15-38)18-3-6-23(31)7-4-18)40-17(2)20-11-21(29(32,33)34)13-22(12-20)30(35,36)37/h3-4,6-7,11-13,17,19,24,27-28H,5,8-10,14-15H2,1-2H3/t17-,19-,24-,27+,28+/m1/s1. The van der Waals surface area contributed by atoms with Crippen molar-refractivity contribution in [3.05, 3.63) is 81.8 Å². The maximum Gasteiger partial charge on any atom is 0.416 e. The van der Waals surface area contributed by atoms with Crippen molar-refractivity contribution in [1.29, 1.82) is 0 Å². The fraction of sp³-hybridized carbons (Fsp3) is 0.500. The lowest BCUT2D eigenvalue weighted by Crippen LogP contribution is -2.38. The molecule has 1 heterocycles. The lowest BCUT2D eigenvalue weighted by atomic mass is 9.69. The summed E-state index contributed by atoms with van der Waals surface area (Å²) in [5, 5.41) is 0. The molecule has 0 amide bonds. The number of hydrogen-bond acceptors (Lipinski definition) is 3. The quantitative estimate of drug-likeness (QED) is 0.341. The van der Waals surface area contributed by atoms with Crippen molar-refractivity contribution in [3.8, 4) is 0 Å². The van der Waals surface area contributed by atoms with Crippen LogP contribution in [0.4, 0.5) is 30.7 Å². The second kappa shape index (κ2) is 10.5. The summed E-state index contributed by atoms with van der Waals surface area (Å²) in [6, 6.07) is 7.56. The number of rotatable bonds is 5. The SMILES string of the molecule is CC1=C(N2C[C@H]3CC[C@H](O[C@H](C)c4cc(C(F)(F)F)cc(C(F)(F)F)c4)[C@@H](c4ccc(F)cc4)[C@@H]3C2)CCC1=O. The molecule has 2 aromatic rings. The van der Waals surface area contributed by atoms with Crippen LogP contribution in [0.1, 0.15) is 73.8 Å². The molecule has 1 aliphatic heterocycles. The lowest BCUT2D eigenvalue weighted by Gasteiger charge is -2.41. The topological polar surface area (TPSA) is 29.5 Å². The Hall–Kier alpha value is -2.88. The number of Topliss-reactive ketones (excluding diaryl/α,β-unsaturated/α-hetero) is 1. The summed E-state index contributed by atoms with van der Waals surface area (Å²) >= 11 is 0. The second-order valence-corrected chi connectivity index (χ2v) is 11.1. The van der Waals surface area contributed by atoms with Gasteiger partial charge in [-0.3, -0.25) is 4.79 Å². The number of hydrogen-bond donors (Lipinski definition) is 0. The molecule has 216 valence electrons. The summed E-state index contributed by atoms with van der Waals surface area (Å²) in [5.74, 6) is -0.220. The zero-order valence-electron chi connectivity index (χ0n) is 22.1. The number of alkyl halides is 6. The Kier molecular flexibility index (Phi) is 7.52. The third kappa shape index (κ3) is 5.64. The third-order valence-electron chi connectivity index (χ3n) is 8.71. The van der Waals surface area contributed by atoms with Gasteiger partial charge in [0.2, 0.25) is 0 Å². The summed E-state index contributed by atoms with van der Waals surface area (Å²) in [5.41, 5.74) is -0.362. The Bertz CT molecular complexity index is 1270. The summed E-state index contributed by atoms with van der Waals surface area (Å²) in [6.07, 6.45) is -9.00. The Labute approximate surface area is 228 Å². The molecule has 40 heavy (non-hydrogen) atoms. The van der Waals surface area contributed by atoms with Gasteiger partial charge in [-0.1, -0.05) is 12.1 Å². The number of ketones is 1. The first kappa shape index (κ1) is 28.6. The number of halogens is 7. The van der Waals surface area contributed by atoms with Gasteiger partial charge in [-0.15, -0.1) is 0 Å². The van der Waals surface area contributed by atoms with E-state index in [9.17, 15) is 35.5 Å². The van der Waals surface area contributed by atoms with Crippen LogP contribution in [0.2, 0.25) is 0 Å². The highest BCUT2D eigenvalue weighted by Gasteiger charge is 2.47. The van der Waals surface area contributed by atoms with Crippen LogP contribution < -0.4 is 0 Å². The number of carbonyl (C=O) groups is 1. The number of fused-ring (bicyclic) bond motifs is 1.